The Morgan fingerprint density at radius 1 is 1.40 bits per heavy atom. The zero-order valence-electron chi connectivity index (χ0n) is 12.6. The van der Waals surface area contributed by atoms with Crippen LogP contribution < -0.4 is 10.1 Å². The summed E-state index contributed by atoms with van der Waals surface area (Å²) in [6, 6.07) is 6.03. The predicted molar refractivity (Wildman–Crippen MR) is 82.9 cm³/mol. The van der Waals surface area contributed by atoms with Gasteiger partial charge in [0.25, 0.3) is 0 Å². The molecule has 3 heteroatoms. The van der Waals surface area contributed by atoms with Crippen molar-refractivity contribution in [1.82, 2.24) is 5.32 Å². The third-order valence-corrected chi connectivity index (χ3v) is 3.14. The molecule has 0 saturated carbocycles. The van der Waals surface area contributed by atoms with Gasteiger partial charge in [-0.05, 0) is 31.9 Å². The molecule has 0 spiro atoms. The molecule has 3 nitrogen and oxygen atoms in total. The Labute approximate surface area is 122 Å². The molecule has 1 aromatic rings. The summed E-state index contributed by atoms with van der Waals surface area (Å²) >= 11 is 0. The Kier molecular flexibility index (Phi) is 7.14. The molecule has 2 N–H and O–H groups in total. The Balaban J connectivity index is 2.36. The Bertz CT molecular complexity index is 451. The van der Waals surface area contributed by atoms with Crippen molar-refractivity contribution >= 4 is 0 Å². The largest absolute Gasteiger partial charge is 0.491 e. The number of terminal acetylenes is 1. The molecular weight excluding hydrogens is 250 g/mol. The first kappa shape index (κ1) is 16.6. The molecule has 1 aromatic carbocycles. The van der Waals surface area contributed by atoms with Gasteiger partial charge in [0.1, 0.15) is 18.5 Å². The molecule has 0 aromatic heterocycles. The summed E-state index contributed by atoms with van der Waals surface area (Å²) < 4.78 is 5.64. The van der Waals surface area contributed by atoms with Crippen LogP contribution >= 0.6 is 0 Å². The first-order valence-electron chi connectivity index (χ1n) is 7.14. The van der Waals surface area contributed by atoms with Crippen LogP contribution in [0.1, 0.15) is 30.9 Å². The summed E-state index contributed by atoms with van der Waals surface area (Å²) in [6.07, 6.45) is 6.80. The van der Waals surface area contributed by atoms with Crippen LogP contribution in [0.2, 0.25) is 0 Å². The summed E-state index contributed by atoms with van der Waals surface area (Å²) in [4.78, 5) is 0. The molecule has 110 valence electrons. The monoisotopic (exact) mass is 275 g/mol. The molecule has 0 heterocycles. The fraction of sp³-hybridized carbons (Fsp3) is 0.529. The molecule has 0 radical (unpaired) electrons. The van der Waals surface area contributed by atoms with Gasteiger partial charge < -0.3 is 15.2 Å². The minimum absolute atomic E-state index is 0.0239. The van der Waals surface area contributed by atoms with E-state index in [1.54, 1.807) is 0 Å². The lowest BCUT2D eigenvalue weighted by Crippen LogP contribution is -2.37. The minimum atomic E-state index is -0.566. The quantitative estimate of drug-likeness (QED) is 0.716. The third kappa shape index (κ3) is 5.64. The van der Waals surface area contributed by atoms with Crippen LogP contribution in [0.25, 0.3) is 0 Å². The third-order valence-electron chi connectivity index (χ3n) is 3.14. The Morgan fingerprint density at radius 2 is 2.15 bits per heavy atom. The van der Waals surface area contributed by atoms with Gasteiger partial charge in [-0.2, -0.15) is 0 Å². The molecule has 0 amide bonds. The molecular formula is C17H25NO2. The second-order valence-electron chi connectivity index (χ2n) is 5.15. The van der Waals surface area contributed by atoms with Crippen molar-refractivity contribution in [3.8, 4) is 18.1 Å². The van der Waals surface area contributed by atoms with E-state index in [1.165, 1.54) is 5.56 Å². The molecule has 2 unspecified atom stereocenters. The van der Waals surface area contributed by atoms with E-state index < -0.39 is 6.10 Å². The van der Waals surface area contributed by atoms with Gasteiger partial charge in [-0.3, -0.25) is 0 Å². The highest BCUT2D eigenvalue weighted by Gasteiger charge is 2.09. The van der Waals surface area contributed by atoms with E-state index in [1.807, 2.05) is 26.0 Å². The summed E-state index contributed by atoms with van der Waals surface area (Å²) in [5.74, 6) is 3.50. The molecule has 0 aliphatic heterocycles. The molecule has 0 saturated heterocycles. The molecule has 0 bridgehead atoms. The number of rotatable bonds is 8. The summed E-state index contributed by atoms with van der Waals surface area (Å²) in [7, 11) is 0. The smallest absolute Gasteiger partial charge is 0.122 e. The zero-order chi connectivity index (χ0) is 15.0. The number of aliphatic hydroxyl groups is 1. The van der Waals surface area contributed by atoms with Crippen LogP contribution in [-0.2, 0) is 0 Å². The highest BCUT2D eigenvalue weighted by molar-refractivity contribution is 5.35. The van der Waals surface area contributed by atoms with Crippen LogP contribution in [0.5, 0.6) is 5.75 Å². The second kappa shape index (κ2) is 8.63. The van der Waals surface area contributed by atoms with Gasteiger partial charge in [0.2, 0.25) is 0 Å². The van der Waals surface area contributed by atoms with E-state index >= 15 is 0 Å². The summed E-state index contributed by atoms with van der Waals surface area (Å²) in [6.45, 7) is 6.84. The first-order valence-corrected chi connectivity index (χ1v) is 7.14. The van der Waals surface area contributed by atoms with E-state index in [2.05, 4.69) is 24.2 Å². The highest BCUT2D eigenvalue weighted by atomic mass is 16.5. The minimum Gasteiger partial charge on any atom is -0.491 e. The highest BCUT2D eigenvalue weighted by Crippen LogP contribution is 2.18. The molecule has 20 heavy (non-hydrogen) atoms. The molecule has 1 rings (SSSR count). The lowest BCUT2D eigenvalue weighted by molar-refractivity contribution is 0.104. The number of aryl methyl sites for hydroxylation is 2. The number of ether oxygens (including phenoxy) is 1. The topological polar surface area (TPSA) is 41.5 Å². The summed E-state index contributed by atoms with van der Waals surface area (Å²) in [5.41, 5.74) is 2.28. The van der Waals surface area contributed by atoms with Crippen molar-refractivity contribution in [3.63, 3.8) is 0 Å². The predicted octanol–water partition coefficient (Wildman–Crippen LogP) is 2.43. The van der Waals surface area contributed by atoms with Crippen molar-refractivity contribution in [2.45, 2.75) is 45.8 Å². The van der Waals surface area contributed by atoms with E-state index in [9.17, 15) is 5.11 Å². The van der Waals surface area contributed by atoms with Gasteiger partial charge in [0.15, 0.2) is 0 Å². The lowest BCUT2D eigenvalue weighted by Gasteiger charge is -2.17. The zero-order valence-corrected chi connectivity index (χ0v) is 12.6. The number of aliphatic hydroxyl groups excluding tert-OH is 1. The fourth-order valence-corrected chi connectivity index (χ4v) is 2.02. The number of hydrogen-bond donors (Lipinski definition) is 2. The Morgan fingerprint density at radius 3 is 2.75 bits per heavy atom. The van der Waals surface area contributed by atoms with Gasteiger partial charge in [-0.1, -0.05) is 37.0 Å². The molecule has 0 aliphatic carbocycles. The number of hydrogen-bond acceptors (Lipinski definition) is 3. The summed E-state index contributed by atoms with van der Waals surface area (Å²) in [5, 5.41) is 13.1. The van der Waals surface area contributed by atoms with Crippen LogP contribution in [-0.4, -0.2) is 30.4 Å². The first-order chi connectivity index (χ1) is 9.56. The van der Waals surface area contributed by atoms with Crippen molar-refractivity contribution in [3.05, 3.63) is 29.3 Å². The number of nitrogens with one attached hydrogen (secondary N) is 1. The van der Waals surface area contributed by atoms with Gasteiger partial charge in [-0.15, -0.1) is 6.42 Å². The Hall–Kier alpha value is -1.50. The van der Waals surface area contributed by atoms with Crippen molar-refractivity contribution < 1.29 is 9.84 Å². The second-order valence-corrected chi connectivity index (χ2v) is 5.15. The van der Waals surface area contributed by atoms with E-state index in [4.69, 9.17) is 11.2 Å². The van der Waals surface area contributed by atoms with E-state index in [0.29, 0.717) is 6.54 Å². The van der Waals surface area contributed by atoms with Gasteiger partial charge >= 0.3 is 0 Å². The fourth-order valence-electron chi connectivity index (χ4n) is 2.02. The van der Waals surface area contributed by atoms with Crippen LogP contribution in [0.4, 0.5) is 0 Å². The van der Waals surface area contributed by atoms with Crippen LogP contribution in [0, 0.1) is 26.2 Å². The molecule has 0 aliphatic rings. The van der Waals surface area contributed by atoms with E-state index in [-0.39, 0.29) is 12.6 Å². The van der Waals surface area contributed by atoms with Gasteiger partial charge in [0, 0.05) is 6.54 Å². The molecule has 0 fully saturated rings. The maximum absolute atomic E-state index is 9.91. The van der Waals surface area contributed by atoms with Crippen LogP contribution in [0.3, 0.4) is 0 Å². The lowest BCUT2D eigenvalue weighted by atomic mass is 10.1. The van der Waals surface area contributed by atoms with Crippen LogP contribution in [0.15, 0.2) is 18.2 Å². The maximum Gasteiger partial charge on any atom is 0.122 e. The SMILES string of the molecule is C#CC(CCC)NCC(O)COc1ccc(C)cc1C. The van der Waals surface area contributed by atoms with Crippen molar-refractivity contribution in [2.24, 2.45) is 0 Å². The number of benzene rings is 1. The van der Waals surface area contributed by atoms with Crippen molar-refractivity contribution in [2.75, 3.05) is 13.2 Å². The average Bonchev–Trinajstić information content (AvgIpc) is 2.42. The maximum atomic E-state index is 9.91. The van der Waals surface area contributed by atoms with Crippen molar-refractivity contribution in [1.29, 1.82) is 0 Å². The average molecular weight is 275 g/mol. The normalized spacial score (nSPS) is 13.6. The molecule has 2 atom stereocenters. The van der Waals surface area contributed by atoms with Gasteiger partial charge in [0.05, 0.1) is 6.04 Å². The standard InChI is InChI=1S/C17H25NO2/c1-5-7-15(6-2)18-11-16(19)12-20-17-9-8-13(3)10-14(17)4/h2,8-10,15-16,18-19H,5,7,11-12H2,1,3-4H3. The van der Waals surface area contributed by atoms with Gasteiger partial charge in [-0.25, -0.2) is 0 Å². The van der Waals surface area contributed by atoms with E-state index in [0.717, 1.165) is 24.2 Å².